The number of hydrogen-bond donors (Lipinski definition) is 1. The van der Waals surface area contributed by atoms with Gasteiger partial charge in [0.1, 0.15) is 0 Å². The van der Waals surface area contributed by atoms with E-state index < -0.39 is 12.0 Å². The van der Waals surface area contributed by atoms with Crippen molar-refractivity contribution >= 4 is 39.6 Å². The second kappa shape index (κ2) is 7.55. The Morgan fingerprint density at radius 1 is 1.32 bits per heavy atom. The first-order valence-corrected chi connectivity index (χ1v) is 7.74. The molecule has 1 aromatic rings. The molecule has 0 aliphatic rings. The lowest BCUT2D eigenvalue weighted by Crippen LogP contribution is -2.38. The smallest absolute Gasteiger partial charge is 0.333 e. The zero-order valence-electron chi connectivity index (χ0n) is 11.0. The average molecular weight is 346 g/mol. The van der Waals surface area contributed by atoms with E-state index in [1.54, 1.807) is 19.1 Å². The first kappa shape index (κ1) is 16.0. The fraction of sp³-hybridized carbons (Fsp3) is 0.385. The Bertz CT molecular complexity index is 450. The topological polar surface area (TPSA) is 55.4 Å². The van der Waals surface area contributed by atoms with Crippen molar-refractivity contribution in [1.82, 2.24) is 5.32 Å². The molecule has 104 valence electrons. The third kappa shape index (κ3) is 4.54. The minimum Gasteiger partial charge on any atom is -0.467 e. The van der Waals surface area contributed by atoms with Gasteiger partial charge < -0.3 is 10.1 Å². The van der Waals surface area contributed by atoms with Crippen LogP contribution in [0, 0.1) is 0 Å². The van der Waals surface area contributed by atoms with E-state index >= 15 is 0 Å². The van der Waals surface area contributed by atoms with Crippen LogP contribution in [-0.4, -0.2) is 30.5 Å². The quantitative estimate of drug-likeness (QED) is 0.833. The fourth-order valence-electron chi connectivity index (χ4n) is 1.42. The number of methoxy groups -OCH3 is 1. The van der Waals surface area contributed by atoms with Crippen LogP contribution in [0.1, 0.15) is 18.5 Å². The molecule has 2 atom stereocenters. The van der Waals surface area contributed by atoms with Gasteiger partial charge in [0.25, 0.3) is 0 Å². The van der Waals surface area contributed by atoms with Gasteiger partial charge in [0.15, 0.2) is 6.04 Å². The third-order valence-corrected chi connectivity index (χ3v) is 4.10. The summed E-state index contributed by atoms with van der Waals surface area (Å²) in [4.78, 5) is 23.7. The zero-order valence-corrected chi connectivity index (χ0v) is 13.4. The second-order valence-corrected chi connectivity index (χ2v) is 5.99. The summed E-state index contributed by atoms with van der Waals surface area (Å²) in [7, 11) is 1.30. The molecule has 0 saturated carbocycles. The maximum atomic E-state index is 11.9. The first-order chi connectivity index (χ1) is 8.99. The van der Waals surface area contributed by atoms with Crippen LogP contribution < -0.4 is 5.32 Å². The number of halogens is 1. The van der Waals surface area contributed by atoms with E-state index in [1.165, 1.54) is 18.9 Å². The maximum absolute atomic E-state index is 11.9. The molecule has 1 N–H and O–H groups in total. The predicted molar refractivity (Wildman–Crippen MR) is 80.0 cm³/mol. The monoisotopic (exact) mass is 345 g/mol. The van der Waals surface area contributed by atoms with Gasteiger partial charge in [-0.05, 0) is 30.9 Å². The van der Waals surface area contributed by atoms with Gasteiger partial charge in [0.2, 0.25) is 5.91 Å². The number of thioether (sulfide) groups is 1. The predicted octanol–water partition coefficient (Wildman–Crippen LogP) is 2.53. The van der Waals surface area contributed by atoms with Crippen molar-refractivity contribution in [1.29, 1.82) is 0 Å². The minimum atomic E-state index is -0.778. The zero-order chi connectivity index (χ0) is 14.4. The van der Waals surface area contributed by atoms with Gasteiger partial charge >= 0.3 is 5.97 Å². The number of carbonyl (C=O) groups excluding carboxylic acids is 2. The van der Waals surface area contributed by atoms with Crippen LogP contribution in [-0.2, 0) is 14.3 Å². The number of hydrogen-bond acceptors (Lipinski definition) is 4. The average Bonchev–Trinajstić information content (AvgIpc) is 2.43. The van der Waals surface area contributed by atoms with E-state index in [0.717, 1.165) is 4.47 Å². The molecule has 0 saturated heterocycles. The van der Waals surface area contributed by atoms with Crippen LogP contribution in [0.4, 0.5) is 0 Å². The molecular weight excluding hydrogens is 330 g/mol. The van der Waals surface area contributed by atoms with Crippen molar-refractivity contribution < 1.29 is 14.3 Å². The van der Waals surface area contributed by atoms with Gasteiger partial charge in [0, 0.05) is 4.47 Å². The summed E-state index contributed by atoms with van der Waals surface area (Å²) >= 11 is 4.75. The molecule has 1 amide bonds. The highest BCUT2D eigenvalue weighted by Crippen LogP contribution is 2.19. The van der Waals surface area contributed by atoms with Crippen molar-refractivity contribution in [2.24, 2.45) is 0 Å². The Morgan fingerprint density at radius 3 is 2.37 bits per heavy atom. The molecule has 0 fully saturated rings. The van der Waals surface area contributed by atoms with Crippen molar-refractivity contribution in [3.05, 3.63) is 34.3 Å². The number of amides is 1. The van der Waals surface area contributed by atoms with E-state index in [1.807, 2.05) is 18.4 Å². The highest BCUT2D eigenvalue weighted by atomic mass is 79.9. The van der Waals surface area contributed by atoms with Crippen molar-refractivity contribution in [2.75, 3.05) is 13.4 Å². The van der Waals surface area contributed by atoms with E-state index in [9.17, 15) is 9.59 Å². The van der Waals surface area contributed by atoms with Crippen LogP contribution in [0.2, 0.25) is 0 Å². The molecule has 6 heteroatoms. The largest absolute Gasteiger partial charge is 0.467 e. The first-order valence-electron chi connectivity index (χ1n) is 5.66. The Kier molecular flexibility index (Phi) is 6.37. The van der Waals surface area contributed by atoms with E-state index in [4.69, 9.17) is 4.74 Å². The van der Waals surface area contributed by atoms with Crippen LogP contribution in [0.3, 0.4) is 0 Å². The Labute approximate surface area is 125 Å². The molecule has 0 radical (unpaired) electrons. The molecule has 1 rings (SSSR count). The van der Waals surface area contributed by atoms with E-state index in [2.05, 4.69) is 21.2 Å². The lowest BCUT2D eigenvalue weighted by atomic mass is 10.1. The third-order valence-electron chi connectivity index (χ3n) is 2.65. The van der Waals surface area contributed by atoms with Crippen molar-refractivity contribution in [3.63, 3.8) is 0 Å². The highest BCUT2D eigenvalue weighted by Gasteiger charge is 2.25. The lowest BCUT2D eigenvalue weighted by Gasteiger charge is -2.18. The number of nitrogens with one attached hydrogen (secondary N) is 1. The summed E-state index contributed by atoms with van der Waals surface area (Å²) < 4.78 is 5.65. The van der Waals surface area contributed by atoms with Gasteiger partial charge in [-0.25, -0.2) is 4.79 Å². The van der Waals surface area contributed by atoms with Gasteiger partial charge in [-0.2, -0.15) is 11.8 Å². The molecular formula is C13H16BrNO3S. The minimum absolute atomic E-state index is 0.189. The number of carbonyl (C=O) groups is 2. The van der Waals surface area contributed by atoms with Gasteiger partial charge in [-0.3, -0.25) is 4.79 Å². The molecule has 0 aliphatic heterocycles. The number of benzene rings is 1. The molecule has 4 nitrogen and oxygen atoms in total. The molecule has 19 heavy (non-hydrogen) atoms. The molecule has 0 spiro atoms. The van der Waals surface area contributed by atoms with Gasteiger partial charge in [-0.1, -0.05) is 28.1 Å². The van der Waals surface area contributed by atoms with Crippen LogP contribution in [0.15, 0.2) is 28.7 Å². The lowest BCUT2D eigenvalue weighted by molar-refractivity contribution is -0.145. The van der Waals surface area contributed by atoms with E-state index in [0.29, 0.717) is 5.56 Å². The molecule has 1 aromatic carbocycles. The van der Waals surface area contributed by atoms with E-state index in [-0.39, 0.29) is 11.2 Å². The van der Waals surface area contributed by atoms with Crippen LogP contribution in [0.5, 0.6) is 0 Å². The normalized spacial score (nSPS) is 13.5. The Hall–Kier alpha value is -1.01. The molecule has 0 aliphatic carbocycles. The summed E-state index contributed by atoms with van der Waals surface area (Å²) in [5, 5.41) is 2.48. The number of ether oxygens (including phenoxy) is 1. The molecule has 0 bridgehead atoms. The fourth-order valence-corrected chi connectivity index (χ4v) is 1.96. The summed E-state index contributed by atoms with van der Waals surface area (Å²) in [5.74, 6) is -0.671. The molecule has 0 heterocycles. The molecule has 0 unspecified atom stereocenters. The SMILES string of the molecule is COC(=O)[C@H](NC(=O)[C@H](C)SC)c1ccc(Br)cc1. The summed E-state index contributed by atoms with van der Waals surface area (Å²) in [6.07, 6.45) is 1.84. The second-order valence-electron chi connectivity index (χ2n) is 3.89. The summed E-state index contributed by atoms with van der Waals surface area (Å²) in [6, 6.07) is 6.40. The van der Waals surface area contributed by atoms with Crippen molar-refractivity contribution in [2.45, 2.75) is 18.2 Å². The van der Waals surface area contributed by atoms with Crippen molar-refractivity contribution in [3.8, 4) is 0 Å². The molecule has 0 aromatic heterocycles. The standard InChI is InChI=1S/C13H16BrNO3S/c1-8(19-3)12(16)15-11(13(17)18-2)9-4-6-10(14)7-5-9/h4-8,11H,1-3H3,(H,15,16)/t8-,11+/m0/s1. The van der Waals surface area contributed by atoms with Gasteiger partial charge in [-0.15, -0.1) is 0 Å². The Morgan fingerprint density at radius 2 is 1.89 bits per heavy atom. The Balaban J connectivity index is 2.92. The number of esters is 1. The van der Waals surface area contributed by atoms with Crippen LogP contribution in [0.25, 0.3) is 0 Å². The van der Waals surface area contributed by atoms with Gasteiger partial charge in [0.05, 0.1) is 12.4 Å². The maximum Gasteiger partial charge on any atom is 0.333 e. The highest BCUT2D eigenvalue weighted by molar-refractivity contribution is 9.10. The summed E-state index contributed by atoms with van der Waals surface area (Å²) in [6.45, 7) is 1.79. The number of rotatable bonds is 5. The summed E-state index contributed by atoms with van der Waals surface area (Å²) in [5.41, 5.74) is 0.691. The van der Waals surface area contributed by atoms with Crippen LogP contribution >= 0.6 is 27.7 Å².